The zero-order valence-corrected chi connectivity index (χ0v) is 27.5. The Bertz CT molecular complexity index is 1660. The van der Waals surface area contributed by atoms with Gasteiger partial charge in [0.05, 0.1) is 31.2 Å². The third-order valence-electron chi connectivity index (χ3n) is 7.64. The maximum Gasteiger partial charge on any atom is 0.417 e. The molecule has 14 heteroatoms. The molecule has 0 heterocycles. The summed E-state index contributed by atoms with van der Waals surface area (Å²) < 4.78 is 70.0. The Labute approximate surface area is 275 Å². The van der Waals surface area contributed by atoms with Gasteiger partial charge in [0, 0.05) is 12.6 Å². The molecule has 0 saturated heterocycles. The molecule has 2 amide bonds. The van der Waals surface area contributed by atoms with Gasteiger partial charge in [-0.25, -0.2) is 8.42 Å². The van der Waals surface area contributed by atoms with Crippen LogP contribution in [0.4, 0.5) is 18.9 Å². The van der Waals surface area contributed by atoms with E-state index in [2.05, 4.69) is 5.32 Å². The van der Waals surface area contributed by atoms with Crippen molar-refractivity contribution in [2.75, 3.05) is 10.8 Å². The number of alkyl halides is 3. The molecule has 1 saturated carbocycles. The Kier molecular flexibility index (Phi) is 11.0. The van der Waals surface area contributed by atoms with E-state index in [4.69, 9.17) is 34.8 Å². The molecule has 3 aromatic rings. The SMILES string of the molecule is Cc1ccc(S(=O)(=O)N(CC(=O)N(Cc2ccc(Cl)c(Cl)c2)[C@H](C)C(=O)NC2CCCC2)c2ccc(Cl)c(C(F)(F)F)c2)cc1. The Hall–Kier alpha value is -2.99. The second-order valence-electron chi connectivity index (χ2n) is 10.9. The molecule has 1 aliphatic carbocycles. The van der Waals surface area contributed by atoms with Gasteiger partial charge in [0.15, 0.2) is 0 Å². The lowest BCUT2D eigenvalue weighted by atomic mass is 10.1. The number of aryl methyl sites for hydroxylation is 1. The second-order valence-corrected chi connectivity index (χ2v) is 14.0. The van der Waals surface area contributed by atoms with Crippen molar-refractivity contribution in [1.82, 2.24) is 10.2 Å². The Morgan fingerprint density at radius 2 is 1.56 bits per heavy atom. The van der Waals surface area contributed by atoms with E-state index in [0.29, 0.717) is 15.9 Å². The fourth-order valence-corrected chi connectivity index (χ4v) is 7.01. The van der Waals surface area contributed by atoms with Crippen LogP contribution in [0.25, 0.3) is 0 Å². The summed E-state index contributed by atoms with van der Waals surface area (Å²) in [6.45, 7) is 2.16. The van der Waals surface area contributed by atoms with Gasteiger partial charge >= 0.3 is 6.18 Å². The molecule has 45 heavy (non-hydrogen) atoms. The minimum atomic E-state index is -4.90. The normalized spacial score (nSPS) is 14.7. The van der Waals surface area contributed by atoms with Crippen LogP contribution in [-0.4, -0.2) is 43.8 Å². The third-order valence-corrected chi connectivity index (χ3v) is 10.5. The average molecular weight is 705 g/mol. The average Bonchev–Trinajstić information content (AvgIpc) is 3.49. The fourth-order valence-electron chi connectivity index (χ4n) is 5.06. The maximum absolute atomic E-state index is 14.1. The van der Waals surface area contributed by atoms with Gasteiger partial charge < -0.3 is 10.2 Å². The van der Waals surface area contributed by atoms with E-state index in [-0.39, 0.29) is 27.5 Å². The van der Waals surface area contributed by atoms with Crippen molar-refractivity contribution in [3.05, 3.63) is 92.4 Å². The van der Waals surface area contributed by atoms with Crippen LogP contribution >= 0.6 is 34.8 Å². The van der Waals surface area contributed by atoms with Crippen molar-refractivity contribution in [1.29, 1.82) is 0 Å². The lowest BCUT2D eigenvalue weighted by Crippen LogP contribution is -2.52. The highest BCUT2D eigenvalue weighted by Gasteiger charge is 2.37. The molecule has 0 bridgehead atoms. The predicted molar refractivity (Wildman–Crippen MR) is 169 cm³/mol. The van der Waals surface area contributed by atoms with Gasteiger partial charge in [-0.15, -0.1) is 0 Å². The van der Waals surface area contributed by atoms with Gasteiger partial charge in [-0.1, -0.05) is 71.4 Å². The molecule has 1 atom stereocenters. The van der Waals surface area contributed by atoms with Crippen LogP contribution < -0.4 is 9.62 Å². The van der Waals surface area contributed by atoms with Gasteiger partial charge in [0.2, 0.25) is 11.8 Å². The molecule has 7 nitrogen and oxygen atoms in total. The number of anilines is 1. The van der Waals surface area contributed by atoms with E-state index in [1.54, 1.807) is 13.0 Å². The lowest BCUT2D eigenvalue weighted by molar-refractivity contribution is -0.139. The standard InChI is InChI=1S/C31H31Cl3F3N3O4S/c1-19-7-11-24(12-8-19)45(43,44)40(23-10-14-26(32)25(16-23)31(35,36)37)18-29(41)39(17-21-9-13-27(33)28(34)15-21)20(2)30(42)38-22-5-3-4-6-22/h7-16,20,22H,3-6,17-18H2,1-2H3,(H,38,42)/t20-/m1/s1. The molecule has 4 rings (SSSR count). The summed E-state index contributed by atoms with van der Waals surface area (Å²) in [6, 6.07) is 11.8. The first-order valence-electron chi connectivity index (χ1n) is 14.1. The number of carbonyl (C=O) groups is 2. The highest BCUT2D eigenvalue weighted by molar-refractivity contribution is 7.92. The molecule has 1 aliphatic rings. The summed E-state index contributed by atoms with van der Waals surface area (Å²) in [5, 5.41) is 2.78. The summed E-state index contributed by atoms with van der Waals surface area (Å²) in [5.74, 6) is -1.29. The highest BCUT2D eigenvalue weighted by atomic mass is 35.5. The topological polar surface area (TPSA) is 86.8 Å². The fraction of sp³-hybridized carbons (Fsp3) is 0.355. The van der Waals surface area contributed by atoms with Gasteiger partial charge in [0.25, 0.3) is 10.0 Å². The zero-order valence-electron chi connectivity index (χ0n) is 24.4. The van der Waals surface area contributed by atoms with E-state index < -0.39 is 56.9 Å². The number of nitrogens with zero attached hydrogens (tertiary/aromatic N) is 2. The van der Waals surface area contributed by atoms with Crippen LogP contribution in [0, 0.1) is 6.92 Å². The molecule has 1 N–H and O–H groups in total. The molecule has 0 aliphatic heterocycles. The molecule has 0 unspecified atom stereocenters. The first-order chi connectivity index (χ1) is 21.1. The van der Waals surface area contributed by atoms with Crippen LogP contribution in [0.1, 0.15) is 49.3 Å². The number of carbonyl (C=O) groups excluding carboxylic acids is 2. The van der Waals surface area contributed by atoms with Crippen LogP contribution in [0.3, 0.4) is 0 Å². The van der Waals surface area contributed by atoms with Crippen LogP contribution in [0.2, 0.25) is 15.1 Å². The summed E-state index contributed by atoms with van der Waals surface area (Å²) in [6.07, 6.45) is -1.40. The van der Waals surface area contributed by atoms with E-state index in [0.717, 1.165) is 43.4 Å². The smallest absolute Gasteiger partial charge is 0.352 e. The lowest BCUT2D eigenvalue weighted by Gasteiger charge is -2.32. The molecule has 0 spiro atoms. The number of hydrogen-bond acceptors (Lipinski definition) is 4. The maximum atomic E-state index is 14.1. The summed E-state index contributed by atoms with van der Waals surface area (Å²) >= 11 is 18.1. The van der Waals surface area contributed by atoms with Crippen molar-refractivity contribution in [2.45, 2.75) is 69.2 Å². The number of benzene rings is 3. The first-order valence-corrected chi connectivity index (χ1v) is 16.6. The molecule has 242 valence electrons. The summed E-state index contributed by atoms with van der Waals surface area (Å²) in [4.78, 5) is 28.3. The van der Waals surface area contributed by atoms with E-state index in [1.807, 2.05) is 0 Å². The molecule has 0 radical (unpaired) electrons. The number of amides is 2. The van der Waals surface area contributed by atoms with E-state index in [9.17, 15) is 31.2 Å². The Balaban J connectivity index is 1.77. The molecule has 1 fully saturated rings. The number of hydrogen-bond donors (Lipinski definition) is 1. The molecular weight excluding hydrogens is 674 g/mol. The minimum Gasteiger partial charge on any atom is -0.352 e. The van der Waals surface area contributed by atoms with Crippen molar-refractivity contribution in [3.8, 4) is 0 Å². The Morgan fingerprint density at radius 1 is 0.933 bits per heavy atom. The number of rotatable bonds is 10. The van der Waals surface area contributed by atoms with Crippen molar-refractivity contribution in [3.63, 3.8) is 0 Å². The van der Waals surface area contributed by atoms with Crippen LogP contribution in [0.15, 0.2) is 65.6 Å². The van der Waals surface area contributed by atoms with Crippen molar-refractivity contribution >= 4 is 62.3 Å². The van der Waals surface area contributed by atoms with E-state index >= 15 is 0 Å². The van der Waals surface area contributed by atoms with Gasteiger partial charge in [-0.2, -0.15) is 13.2 Å². The number of nitrogens with one attached hydrogen (secondary N) is 1. The Morgan fingerprint density at radius 3 is 2.16 bits per heavy atom. The minimum absolute atomic E-state index is 0.0600. The van der Waals surface area contributed by atoms with E-state index in [1.165, 1.54) is 48.2 Å². The van der Waals surface area contributed by atoms with Crippen LogP contribution in [0.5, 0.6) is 0 Å². The second kappa shape index (κ2) is 14.2. The van der Waals surface area contributed by atoms with Gasteiger partial charge in [-0.3, -0.25) is 13.9 Å². The molecule has 3 aromatic carbocycles. The number of sulfonamides is 1. The van der Waals surface area contributed by atoms with Crippen molar-refractivity contribution in [2.24, 2.45) is 0 Å². The predicted octanol–water partition coefficient (Wildman–Crippen LogP) is 7.65. The largest absolute Gasteiger partial charge is 0.417 e. The van der Waals surface area contributed by atoms with Crippen LogP contribution in [-0.2, 0) is 32.3 Å². The first kappa shape index (κ1) is 34.9. The highest BCUT2D eigenvalue weighted by Crippen LogP contribution is 2.38. The van der Waals surface area contributed by atoms with Gasteiger partial charge in [0.1, 0.15) is 12.6 Å². The quantitative estimate of drug-likeness (QED) is 0.235. The number of halogens is 6. The summed E-state index contributed by atoms with van der Waals surface area (Å²) in [7, 11) is -4.59. The van der Waals surface area contributed by atoms with Gasteiger partial charge in [-0.05, 0) is 74.7 Å². The van der Waals surface area contributed by atoms with Crippen molar-refractivity contribution < 1.29 is 31.2 Å². The molecule has 0 aromatic heterocycles. The zero-order chi connectivity index (χ0) is 33.1. The monoisotopic (exact) mass is 703 g/mol. The summed E-state index contributed by atoms with van der Waals surface area (Å²) in [5.41, 5.74) is -0.456. The molecular formula is C31H31Cl3F3N3O4S. The third kappa shape index (κ3) is 8.44.